The Bertz CT molecular complexity index is 2260. The summed E-state index contributed by atoms with van der Waals surface area (Å²) in [5.41, 5.74) is -3.94. The minimum absolute atomic E-state index is 0.156. The van der Waals surface area contributed by atoms with Crippen LogP contribution >= 0.6 is 0 Å². The number of nitrogens with zero attached hydrogens (tertiary/aromatic N) is 2. The zero-order chi connectivity index (χ0) is 47.9. The molecule has 5 aliphatic rings. The first kappa shape index (κ1) is 49.0. The summed E-state index contributed by atoms with van der Waals surface area (Å²) < 4.78 is 117. The average molecular weight is 933 g/mol. The van der Waals surface area contributed by atoms with E-state index in [1.807, 2.05) is 6.08 Å². The largest absolute Gasteiger partial charge is 0.462 e. The summed E-state index contributed by atoms with van der Waals surface area (Å²) >= 11 is 0. The van der Waals surface area contributed by atoms with Crippen LogP contribution in [-0.4, -0.2) is 87.6 Å². The molecule has 3 fully saturated rings. The number of aliphatic hydroxyl groups is 1. The third-order valence-electron chi connectivity index (χ3n) is 13.5. The van der Waals surface area contributed by atoms with Crippen LogP contribution in [-0.2, 0) is 45.6 Å². The summed E-state index contributed by atoms with van der Waals surface area (Å²) in [4.78, 5) is 48.3. The number of carbonyl (C=O) groups is 3. The van der Waals surface area contributed by atoms with Crippen LogP contribution in [0, 0.1) is 23.7 Å². The lowest BCUT2D eigenvalue weighted by Crippen LogP contribution is -2.59. The van der Waals surface area contributed by atoms with Crippen molar-refractivity contribution in [3.63, 3.8) is 0 Å². The Morgan fingerprint density at radius 1 is 0.909 bits per heavy atom. The minimum atomic E-state index is -4.74. The van der Waals surface area contributed by atoms with E-state index < -0.39 is 95.4 Å². The van der Waals surface area contributed by atoms with Gasteiger partial charge in [0, 0.05) is 37.6 Å². The fourth-order valence-corrected chi connectivity index (χ4v) is 9.61. The fourth-order valence-electron chi connectivity index (χ4n) is 9.61. The molecular weight excluding hydrogens is 879 g/mol. The van der Waals surface area contributed by atoms with Crippen molar-refractivity contribution in [1.82, 2.24) is 9.97 Å². The molecule has 18 heteroatoms. The van der Waals surface area contributed by atoms with Crippen molar-refractivity contribution in [2.75, 3.05) is 6.61 Å². The molecule has 2 aromatic heterocycles. The molecule has 0 radical (unpaired) electrons. The van der Waals surface area contributed by atoms with E-state index in [-0.39, 0.29) is 60.5 Å². The van der Waals surface area contributed by atoms with Gasteiger partial charge in [0.25, 0.3) is 0 Å². The zero-order valence-corrected chi connectivity index (χ0v) is 37.4. The maximum atomic E-state index is 14.6. The predicted molar refractivity (Wildman–Crippen MR) is 223 cm³/mol. The maximum absolute atomic E-state index is 14.6. The summed E-state index contributed by atoms with van der Waals surface area (Å²) in [5.74, 6) is -5.44. The topological polar surface area (TPSA) is 153 Å². The van der Waals surface area contributed by atoms with Crippen molar-refractivity contribution in [2.45, 2.75) is 140 Å². The maximum Gasteiger partial charge on any atom is 0.433 e. The number of pyridine rings is 2. The minimum Gasteiger partial charge on any atom is -0.462 e. The first-order valence-electron chi connectivity index (χ1n) is 22.1. The van der Waals surface area contributed by atoms with Crippen molar-refractivity contribution >= 4 is 17.9 Å². The lowest BCUT2D eigenvalue weighted by Gasteiger charge is -2.51. The Morgan fingerprint density at radius 2 is 1.53 bits per heavy atom. The van der Waals surface area contributed by atoms with E-state index in [9.17, 15) is 45.8 Å². The van der Waals surface area contributed by atoms with E-state index in [2.05, 4.69) is 30.7 Å². The molecule has 2 bridgehead atoms. The van der Waals surface area contributed by atoms with Crippen LogP contribution in [0.1, 0.15) is 112 Å². The number of fused-ring (bicyclic) bond motifs is 2. The molecule has 3 saturated heterocycles. The molecule has 0 saturated carbocycles. The molecule has 7 rings (SSSR count). The molecule has 6 heterocycles. The van der Waals surface area contributed by atoms with Crippen LogP contribution in [0.25, 0.3) is 0 Å². The lowest BCUT2D eigenvalue weighted by molar-refractivity contribution is -0.340. The molecule has 1 spiro atoms. The number of aromatic nitrogens is 2. The number of carbonyl (C=O) groups excluding carboxylic acids is 3. The first-order chi connectivity index (χ1) is 31.0. The monoisotopic (exact) mass is 932 g/mol. The van der Waals surface area contributed by atoms with Gasteiger partial charge in [0.1, 0.15) is 41.2 Å². The van der Waals surface area contributed by atoms with E-state index >= 15 is 0 Å². The molecule has 2 aromatic rings. The second-order valence-corrected chi connectivity index (χ2v) is 18.2. The van der Waals surface area contributed by atoms with Gasteiger partial charge < -0.3 is 33.5 Å². The van der Waals surface area contributed by atoms with Gasteiger partial charge >= 0.3 is 30.3 Å². The number of hydrogen-bond donors (Lipinski definition) is 1. The van der Waals surface area contributed by atoms with Gasteiger partial charge in [-0.3, -0.25) is 14.8 Å². The third kappa shape index (κ3) is 10.2. The normalized spacial score (nSPS) is 35.5. The average Bonchev–Trinajstić information content (AvgIpc) is 3.61. The smallest absolute Gasteiger partial charge is 0.433 e. The number of esters is 3. The Hall–Kier alpha value is -4.91. The van der Waals surface area contributed by atoms with Gasteiger partial charge in [0.05, 0.1) is 29.9 Å². The quantitative estimate of drug-likeness (QED) is 0.127. The number of alkyl halides is 6. The van der Waals surface area contributed by atoms with Gasteiger partial charge in [0.15, 0.2) is 11.9 Å². The Balaban J connectivity index is 1.26. The zero-order valence-electron chi connectivity index (χ0n) is 37.4. The fraction of sp³-hybridized carbons (Fsp3) is 0.562. The standard InChI is InChI=1S/C48H54F6N2O10/c1-7-25(2)39-28(5)17-18-45(66-39)21-34-20-33(65-45)14-11-27(4)38(63-42(57)30-12-15-36(55-22-30)47(49,50)51)26(3)9-8-10-32-24-61-41-40(29(6)19-35(44(59)62-34)46(32,41)60)64-43(58)31-13-16-37(56-23-31)48(52,53)54/h8-13,15-16,19,22-23,25-26,28,33-35,38-41,60H,7,14,17-18,20-21,24H2,1-6H3/b9-8+,27-11+,32-10+/t25-,26-,28-,33+,34-,35-,38-,39+,40+,41+,45+,46+/m0/s1. The summed E-state index contributed by atoms with van der Waals surface area (Å²) in [7, 11) is 0. The lowest BCUT2D eigenvalue weighted by atomic mass is 9.70. The molecule has 12 atom stereocenters. The SMILES string of the molecule is CC[C@H](C)[C@H]1O[C@]2(CC[C@@H]1C)C[C@@H]1C[C@@H](C/C=C(\C)[C@@H](OC(=O)c3ccc(C(F)(F)F)nc3)[C@@H](C)/C=C/C=C3\CO[C@@H]4[C@H](OC(=O)c5ccc(C(F)(F)F)nc5)C(C)=C[C@@H](C(=O)O1)[C@]34O)O2. The predicted octanol–water partition coefficient (Wildman–Crippen LogP) is 9.09. The van der Waals surface area contributed by atoms with Crippen molar-refractivity contribution in [3.05, 3.63) is 106 Å². The van der Waals surface area contributed by atoms with Gasteiger partial charge in [-0.25, -0.2) is 9.59 Å². The number of hydrogen-bond acceptors (Lipinski definition) is 12. The summed E-state index contributed by atoms with van der Waals surface area (Å²) in [5, 5.41) is 12.9. The summed E-state index contributed by atoms with van der Waals surface area (Å²) in [6, 6.07) is 3.25. The highest BCUT2D eigenvalue weighted by molar-refractivity contribution is 5.90. The van der Waals surface area contributed by atoms with Crippen molar-refractivity contribution in [1.29, 1.82) is 0 Å². The number of allylic oxidation sites excluding steroid dienone is 2. The molecule has 0 amide bonds. The van der Waals surface area contributed by atoms with Crippen LogP contribution in [0.2, 0.25) is 0 Å². The molecule has 12 nitrogen and oxygen atoms in total. The van der Waals surface area contributed by atoms with Gasteiger partial charge in [-0.2, -0.15) is 26.3 Å². The molecule has 0 unspecified atom stereocenters. The van der Waals surface area contributed by atoms with Crippen molar-refractivity contribution in [3.8, 4) is 0 Å². The van der Waals surface area contributed by atoms with Crippen molar-refractivity contribution < 1.29 is 74.3 Å². The van der Waals surface area contributed by atoms with Gasteiger partial charge in [0.2, 0.25) is 0 Å². The number of halogens is 6. The van der Waals surface area contributed by atoms with Crippen LogP contribution in [0.5, 0.6) is 0 Å². The Morgan fingerprint density at radius 3 is 2.11 bits per heavy atom. The second-order valence-electron chi connectivity index (χ2n) is 18.2. The molecule has 66 heavy (non-hydrogen) atoms. The summed E-state index contributed by atoms with van der Waals surface area (Å²) in [6.45, 7) is 11.2. The number of rotatable bonds is 6. The second kappa shape index (κ2) is 19.0. The molecule has 4 aliphatic heterocycles. The first-order valence-corrected chi connectivity index (χ1v) is 22.1. The summed E-state index contributed by atoms with van der Waals surface area (Å²) in [6.07, 6.45) is -2.15. The van der Waals surface area contributed by atoms with Crippen LogP contribution < -0.4 is 0 Å². The van der Waals surface area contributed by atoms with E-state index in [1.165, 1.54) is 12.2 Å². The highest BCUT2D eigenvalue weighted by Crippen LogP contribution is 2.49. The Labute approximate surface area is 378 Å². The van der Waals surface area contributed by atoms with Gasteiger partial charge in [-0.05, 0) is 79.5 Å². The molecule has 1 N–H and O–H groups in total. The van der Waals surface area contributed by atoms with Crippen LogP contribution in [0.15, 0.2) is 83.8 Å². The van der Waals surface area contributed by atoms with E-state index in [1.54, 1.807) is 32.9 Å². The molecule has 358 valence electrons. The molecular formula is C48H54F6N2O10. The van der Waals surface area contributed by atoms with Gasteiger partial charge in [-0.1, -0.05) is 64.5 Å². The molecule has 1 aliphatic carbocycles. The van der Waals surface area contributed by atoms with Crippen LogP contribution in [0.4, 0.5) is 26.3 Å². The highest BCUT2D eigenvalue weighted by atomic mass is 19.4. The van der Waals surface area contributed by atoms with E-state index in [0.29, 0.717) is 29.7 Å². The highest BCUT2D eigenvalue weighted by Gasteiger charge is 2.61. The van der Waals surface area contributed by atoms with E-state index in [4.69, 9.17) is 28.4 Å². The third-order valence-corrected chi connectivity index (χ3v) is 13.5. The molecule has 0 aromatic carbocycles. The number of ether oxygens (including phenoxy) is 6. The van der Waals surface area contributed by atoms with E-state index in [0.717, 1.165) is 37.4 Å². The Kier molecular flexibility index (Phi) is 14.1. The van der Waals surface area contributed by atoms with Crippen LogP contribution in [0.3, 0.4) is 0 Å². The van der Waals surface area contributed by atoms with Crippen molar-refractivity contribution in [2.24, 2.45) is 23.7 Å². The van der Waals surface area contributed by atoms with Gasteiger partial charge in [-0.15, -0.1) is 0 Å².